The van der Waals surface area contributed by atoms with Crippen molar-refractivity contribution in [2.24, 2.45) is 0 Å². The van der Waals surface area contributed by atoms with Gasteiger partial charge in [0.2, 0.25) is 5.89 Å². The second-order valence-corrected chi connectivity index (χ2v) is 5.38. The molecule has 0 saturated heterocycles. The van der Waals surface area contributed by atoms with Crippen LogP contribution in [0.15, 0.2) is 28.8 Å². The van der Waals surface area contributed by atoms with Gasteiger partial charge in [0.15, 0.2) is 5.82 Å². The first-order chi connectivity index (χ1) is 10.9. The van der Waals surface area contributed by atoms with Gasteiger partial charge >= 0.3 is 6.03 Å². The Morgan fingerprint density at radius 2 is 2.04 bits per heavy atom. The van der Waals surface area contributed by atoms with E-state index in [-0.39, 0.29) is 12.4 Å². The maximum Gasteiger partial charge on any atom is 0.314 e. The van der Waals surface area contributed by atoms with Gasteiger partial charge in [0.25, 0.3) is 0 Å². The highest BCUT2D eigenvalue weighted by atomic mass is 19.1. The summed E-state index contributed by atoms with van der Waals surface area (Å²) in [7, 11) is 0. The molecule has 8 heteroatoms. The molecule has 1 aromatic heterocycles. The van der Waals surface area contributed by atoms with Gasteiger partial charge in [-0.05, 0) is 31.5 Å². The Labute approximate surface area is 132 Å². The quantitative estimate of drug-likeness (QED) is 0.743. The average Bonchev–Trinajstić information content (AvgIpc) is 2.91. The SMILES string of the molecule is Cc1noc(CCNC(=O)NCC(C)(O)c2ccc(F)cc2)n1. The molecule has 0 radical (unpaired) electrons. The van der Waals surface area contributed by atoms with Crippen molar-refractivity contribution in [1.82, 2.24) is 20.8 Å². The van der Waals surface area contributed by atoms with Gasteiger partial charge in [-0.2, -0.15) is 4.98 Å². The van der Waals surface area contributed by atoms with Gasteiger partial charge in [0, 0.05) is 13.0 Å². The number of urea groups is 1. The molecule has 3 N–H and O–H groups in total. The molecule has 7 nitrogen and oxygen atoms in total. The van der Waals surface area contributed by atoms with Crippen LogP contribution in [0.25, 0.3) is 0 Å². The predicted octanol–water partition coefficient (Wildman–Crippen LogP) is 1.27. The van der Waals surface area contributed by atoms with Crippen molar-refractivity contribution in [3.63, 3.8) is 0 Å². The molecular weight excluding hydrogens is 303 g/mol. The Bertz CT molecular complexity index is 655. The lowest BCUT2D eigenvalue weighted by Gasteiger charge is -2.24. The number of halogens is 1. The second-order valence-electron chi connectivity index (χ2n) is 5.38. The van der Waals surface area contributed by atoms with Crippen LogP contribution in [0, 0.1) is 12.7 Å². The first-order valence-electron chi connectivity index (χ1n) is 7.16. The molecule has 0 aliphatic carbocycles. The number of carbonyl (C=O) groups is 1. The van der Waals surface area contributed by atoms with Gasteiger partial charge in [-0.15, -0.1) is 0 Å². The van der Waals surface area contributed by atoms with Crippen LogP contribution in [0.5, 0.6) is 0 Å². The van der Waals surface area contributed by atoms with Crippen molar-refractivity contribution in [3.05, 3.63) is 47.4 Å². The Kier molecular flexibility index (Phi) is 5.28. The Morgan fingerprint density at radius 1 is 1.35 bits per heavy atom. The number of rotatable bonds is 6. The first kappa shape index (κ1) is 16.9. The van der Waals surface area contributed by atoms with Crippen LogP contribution in [0.3, 0.4) is 0 Å². The molecule has 0 spiro atoms. The summed E-state index contributed by atoms with van der Waals surface area (Å²) < 4.78 is 17.8. The van der Waals surface area contributed by atoms with Crippen LogP contribution < -0.4 is 10.6 Å². The van der Waals surface area contributed by atoms with E-state index in [1.807, 2.05) is 0 Å². The third kappa shape index (κ3) is 5.03. The van der Waals surface area contributed by atoms with E-state index in [1.165, 1.54) is 24.3 Å². The smallest absolute Gasteiger partial charge is 0.314 e. The first-order valence-corrected chi connectivity index (χ1v) is 7.16. The van der Waals surface area contributed by atoms with Gasteiger partial charge in [0.05, 0.1) is 6.54 Å². The van der Waals surface area contributed by atoms with Crippen molar-refractivity contribution in [3.8, 4) is 0 Å². The summed E-state index contributed by atoms with van der Waals surface area (Å²) in [6.45, 7) is 3.57. The van der Waals surface area contributed by atoms with Crippen LogP contribution in [-0.4, -0.2) is 34.4 Å². The molecule has 1 unspecified atom stereocenters. The Hall–Kier alpha value is -2.48. The Balaban J connectivity index is 1.75. The van der Waals surface area contributed by atoms with Crippen LogP contribution >= 0.6 is 0 Å². The summed E-state index contributed by atoms with van der Waals surface area (Å²) in [6.07, 6.45) is 0.419. The minimum Gasteiger partial charge on any atom is -0.384 e. The molecule has 1 aromatic carbocycles. The van der Waals surface area contributed by atoms with E-state index in [0.717, 1.165) is 0 Å². The zero-order valence-electron chi connectivity index (χ0n) is 13.0. The van der Waals surface area contributed by atoms with E-state index in [2.05, 4.69) is 20.8 Å². The predicted molar refractivity (Wildman–Crippen MR) is 80.1 cm³/mol. The van der Waals surface area contributed by atoms with Crippen molar-refractivity contribution in [2.75, 3.05) is 13.1 Å². The summed E-state index contributed by atoms with van der Waals surface area (Å²) in [5.74, 6) is 0.604. The van der Waals surface area contributed by atoms with E-state index < -0.39 is 11.6 Å². The monoisotopic (exact) mass is 322 g/mol. The Morgan fingerprint density at radius 3 is 2.65 bits per heavy atom. The van der Waals surface area contributed by atoms with Crippen LogP contribution in [0.1, 0.15) is 24.2 Å². The maximum absolute atomic E-state index is 12.9. The fraction of sp³-hybridized carbons (Fsp3) is 0.400. The molecular formula is C15H19FN4O3. The number of hydrogen-bond acceptors (Lipinski definition) is 5. The van der Waals surface area contributed by atoms with E-state index in [9.17, 15) is 14.3 Å². The summed E-state index contributed by atoms with van der Waals surface area (Å²) in [4.78, 5) is 15.7. The van der Waals surface area contributed by atoms with Crippen LogP contribution in [-0.2, 0) is 12.0 Å². The van der Waals surface area contributed by atoms with Gasteiger partial charge < -0.3 is 20.3 Å². The molecule has 124 valence electrons. The normalized spacial score (nSPS) is 13.4. The fourth-order valence-corrected chi connectivity index (χ4v) is 1.95. The number of benzene rings is 1. The summed E-state index contributed by atoms with van der Waals surface area (Å²) in [6, 6.07) is 5.05. The topological polar surface area (TPSA) is 100 Å². The molecule has 23 heavy (non-hydrogen) atoms. The zero-order chi connectivity index (χ0) is 16.9. The number of carbonyl (C=O) groups excluding carboxylic acids is 1. The van der Waals surface area contributed by atoms with Gasteiger partial charge in [0.1, 0.15) is 11.4 Å². The van der Waals surface area contributed by atoms with Crippen molar-refractivity contribution < 1.29 is 18.8 Å². The summed E-state index contributed by atoms with van der Waals surface area (Å²) in [5.41, 5.74) is -0.783. The number of nitrogens with one attached hydrogen (secondary N) is 2. The molecule has 1 heterocycles. The average molecular weight is 322 g/mol. The van der Waals surface area contributed by atoms with Crippen LogP contribution in [0.4, 0.5) is 9.18 Å². The summed E-state index contributed by atoms with van der Waals surface area (Å²) in [5, 5.41) is 19.2. The molecule has 2 aromatic rings. The molecule has 0 aliphatic heterocycles. The molecule has 1 atom stereocenters. The molecule has 2 amide bonds. The lowest BCUT2D eigenvalue weighted by Crippen LogP contribution is -2.44. The maximum atomic E-state index is 12.9. The van der Waals surface area contributed by atoms with E-state index in [4.69, 9.17) is 4.52 Å². The zero-order valence-corrected chi connectivity index (χ0v) is 13.0. The highest BCUT2D eigenvalue weighted by molar-refractivity contribution is 5.73. The molecule has 0 fully saturated rings. The largest absolute Gasteiger partial charge is 0.384 e. The minimum atomic E-state index is -1.30. The number of nitrogens with zero attached hydrogens (tertiary/aromatic N) is 2. The highest BCUT2D eigenvalue weighted by Gasteiger charge is 2.23. The molecule has 0 bridgehead atoms. The fourth-order valence-electron chi connectivity index (χ4n) is 1.95. The number of hydrogen-bond donors (Lipinski definition) is 3. The van der Waals surface area contributed by atoms with E-state index in [1.54, 1.807) is 13.8 Å². The number of amides is 2. The third-order valence-corrected chi connectivity index (χ3v) is 3.25. The van der Waals surface area contributed by atoms with E-state index >= 15 is 0 Å². The highest BCUT2D eigenvalue weighted by Crippen LogP contribution is 2.19. The van der Waals surface area contributed by atoms with Crippen molar-refractivity contribution in [2.45, 2.75) is 25.9 Å². The standard InChI is InChI=1S/C15H19FN4O3/c1-10-19-13(23-20-10)7-8-17-14(21)18-9-15(2,22)11-3-5-12(16)6-4-11/h3-6,22H,7-9H2,1-2H3,(H2,17,18,21). The summed E-state index contributed by atoms with van der Waals surface area (Å²) >= 11 is 0. The lowest BCUT2D eigenvalue weighted by atomic mass is 9.96. The number of aromatic nitrogens is 2. The molecule has 2 rings (SSSR count). The van der Waals surface area contributed by atoms with Gasteiger partial charge in [-0.3, -0.25) is 0 Å². The van der Waals surface area contributed by atoms with Gasteiger partial charge in [-0.1, -0.05) is 17.3 Å². The second kappa shape index (κ2) is 7.19. The number of aryl methyl sites for hydroxylation is 1. The van der Waals surface area contributed by atoms with E-state index in [0.29, 0.717) is 30.2 Å². The van der Waals surface area contributed by atoms with Crippen LogP contribution in [0.2, 0.25) is 0 Å². The van der Waals surface area contributed by atoms with Crippen molar-refractivity contribution >= 4 is 6.03 Å². The number of aliphatic hydroxyl groups is 1. The van der Waals surface area contributed by atoms with Crippen molar-refractivity contribution in [1.29, 1.82) is 0 Å². The minimum absolute atomic E-state index is 0.00979. The lowest BCUT2D eigenvalue weighted by molar-refractivity contribution is 0.0593. The van der Waals surface area contributed by atoms with Gasteiger partial charge in [-0.25, -0.2) is 9.18 Å². The molecule has 0 aliphatic rings. The third-order valence-electron chi connectivity index (χ3n) is 3.25. The molecule has 0 saturated carbocycles.